The van der Waals surface area contributed by atoms with Gasteiger partial charge in [-0.3, -0.25) is 0 Å². The summed E-state index contributed by atoms with van der Waals surface area (Å²) in [6.45, 7) is 3.36. The van der Waals surface area contributed by atoms with Crippen LogP contribution in [0.1, 0.15) is 58.3 Å². The summed E-state index contributed by atoms with van der Waals surface area (Å²) in [6, 6.07) is 0. The first-order valence-corrected chi connectivity index (χ1v) is 8.02. The third-order valence-electron chi connectivity index (χ3n) is 4.88. The molecule has 3 nitrogen and oxygen atoms in total. The normalized spacial score (nSPS) is 40.3. The van der Waals surface area contributed by atoms with Crippen LogP contribution < -0.4 is 5.32 Å². The molecule has 4 atom stereocenters. The Morgan fingerprint density at radius 3 is 2.63 bits per heavy atom. The first-order chi connectivity index (χ1) is 9.17. The van der Waals surface area contributed by atoms with Gasteiger partial charge in [-0.05, 0) is 51.5 Å². The van der Waals surface area contributed by atoms with Crippen molar-refractivity contribution in [2.75, 3.05) is 20.7 Å². The van der Waals surface area contributed by atoms with Crippen LogP contribution in [0.5, 0.6) is 0 Å². The van der Waals surface area contributed by atoms with Crippen molar-refractivity contribution in [3.05, 3.63) is 0 Å². The van der Waals surface area contributed by atoms with Crippen molar-refractivity contribution >= 4 is 0 Å². The first-order valence-electron chi connectivity index (χ1n) is 8.02. The smallest absolute Gasteiger partial charge is 0.0812 e. The number of hydrogen-bond donors (Lipinski definition) is 1. The summed E-state index contributed by atoms with van der Waals surface area (Å²) in [5.41, 5.74) is 0.0761. The number of nitrogens with one attached hydrogen (secondary N) is 1. The highest BCUT2D eigenvalue weighted by Crippen LogP contribution is 2.38. The van der Waals surface area contributed by atoms with Gasteiger partial charge < -0.3 is 14.8 Å². The third kappa shape index (κ3) is 4.17. The monoisotopic (exact) mass is 269 g/mol. The zero-order valence-electron chi connectivity index (χ0n) is 12.9. The van der Waals surface area contributed by atoms with Gasteiger partial charge in [0.15, 0.2) is 0 Å². The molecule has 0 aromatic carbocycles. The maximum atomic E-state index is 6.62. The van der Waals surface area contributed by atoms with Gasteiger partial charge in [0.1, 0.15) is 0 Å². The van der Waals surface area contributed by atoms with E-state index in [1.165, 1.54) is 44.9 Å². The number of rotatable bonds is 5. The van der Waals surface area contributed by atoms with Gasteiger partial charge in [-0.1, -0.05) is 19.8 Å². The Morgan fingerprint density at radius 2 is 1.95 bits per heavy atom. The standard InChI is InChI=1S/C16H31NO2/c1-13-6-5-9-16(11-13,12-17-2)19-15-8-4-7-14(10-15)18-3/h13-15,17H,4-12H2,1-3H3. The second kappa shape index (κ2) is 7.05. The SMILES string of the molecule is CNCC1(OC2CCCC(OC)C2)CCCC(C)C1. The summed E-state index contributed by atoms with van der Waals surface area (Å²) in [6.07, 6.45) is 10.6. The van der Waals surface area contributed by atoms with Crippen LogP contribution in [-0.4, -0.2) is 38.5 Å². The van der Waals surface area contributed by atoms with Crippen LogP contribution in [-0.2, 0) is 9.47 Å². The van der Waals surface area contributed by atoms with Crippen LogP contribution in [0.2, 0.25) is 0 Å². The minimum Gasteiger partial charge on any atom is -0.381 e. The summed E-state index contributed by atoms with van der Waals surface area (Å²) < 4.78 is 12.1. The molecule has 0 aromatic rings. The number of hydrogen-bond acceptors (Lipinski definition) is 3. The fourth-order valence-electron chi connectivity index (χ4n) is 4.02. The molecule has 3 heteroatoms. The van der Waals surface area contributed by atoms with Gasteiger partial charge in [0.05, 0.1) is 17.8 Å². The van der Waals surface area contributed by atoms with Crippen molar-refractivity contribution in [3.8, 4) is 0 Å². The van der Waals surface area contributed by atoms with Crippen LogP contribution in [0, 0.1) is 5.92 Å². The Balaban J connectivity index is 1.95. The third-order valence-corrected chi connectivity index (χ3v) is 4.88. The minimum atomic E-state index is 0.0761. The quantitative estimate of drug-likeness (QED) is 0.832. The molecule has 0 bridgehead atoms. The highest BCUT2D eigenvalue weighted by atomic mass is 16.5. The second-order valence-electron chi connectivity index (χ2n) is 6.68. The number of methoxy groups -OCH3 is 1. The fraction of sp³-hybridized carbons (Fsp3) is 1.00. The van der Waals surface area contributed by atoms with Crippen LogP contribution in [0.4, 0.5) is 0 Å². The van der Waals surface area contributed by atoms with E-state index in [1.807, 2.05) is 14.2 Å². The van der Waals surface area contributed by atoms with E-state index in [2.05, 4.69) is 12.2 Å². The predicted molar refractivity (Wildman–Crippen MR) is 78.4 cm³/mol. The molecule has 0 spiro atoms. The molecule has 1 N–H and O–H groups in total. The molecule has 0 aliphatic heterocycles. The minimum absolute atomic E-state index is 0.0761. The zero-order chi connectivity index (χ0) is 13.7. The summed E-state index contributed by atoms with van der Waals surface area (Å²) in [7, 11) is 3.88. The average Bonchev–Trinajstić information content (AvgIpc) is 2.39. The van der Waals surface area contributed by atoms with Gasteiger partial charge >= 0.3 is 0 Å². The van der Waals surface area contributed by atoms with Gasteiger partial charge in [0.25, 0.3) is 0 Å². The highest BCUT2D eigenvalue weighted by molar-refractivity contribution is 4.90. The summed E-state index contributed by atoms with van der Waals surface area (Å²) in [4.78, 5) is 0. The van der Waals surface area contributed by atoms with Crippen LogP contribution in [0.15, 0.2) is 0 Å². The Bertz CT molecular complexity index is 267. The van der Waals surface area contributed by atoms with E-state index < -0.39 is 0 Å². The van der Waals surface area contributed by atoms with Crippen molar-refractivity contribution < 1.29 is 9.47 Å². The van der Waals surface area contributed by atoms with Gasteiger partial charge in [-0.2, -0.15) is 0 Å². The van der Waals surface area contributed by atoms with Crippen molar-refractivity contribution in [2.24, 2.45) is 5.92 Å². The Hall–Kier alpha value is -0.120. The average molecular weight is 269 g/mol. The molecule has 0 saturated heterocycles. The van der Waals surface area contributed by atoms with Crippen molar-refractivity contribution in [1.82, 2.24) is 5.32 Å². The van der Waals surface area contributed by atoms with E-state index in [4.69, 9.17) is 9.47 Å². The molecule has 2 saturated carbocycles. The zero-order valence-corrected chi connectivity index (χ0v) is 12.9. The molecule has 2 rings (SSSR count). The lowest BCUT2D eigenvalue weighted by Crippen LogP contribution is -2.48. The largest absolute Gasteiger partial charge is 0.381 e. The topological polar surface area (TPSA) is 30.5 Å². The molecule has 0 radical (unpaired) electrons. The lowest BCUT2D eigenvalue weighted by molar-refractivity contribution is -0.142. The summed E-state index contributed by atoms with van der Waals surface area (Å²) in [5, 5.41) is 3.36. The molecule has 0 aromatic heterocycles. The summed E-state index contributed by atoms with van der Waals surface area (Å²) >= 11 is 0. The van der Waals surface area contributed by atoms with Crippen LogP contribution >= 0.6 is 0 Å². The Labute approximate surface area is 118 Å². The lowest BCUT2D eigenvalue weighted by Gasteiger charge is -2.44. The molecule has 0 heterocycles. The van der Waals surface area contributed by atoms with Gasteiger partial charge in [-0.15, -0.1) is 0 Å². The van der Waals surface area contributed by atoms with Gasteiger partial charge in [-0.25, -0.2) is 0 Å². The van der Waals surface area contributed by atoms with E-state index in [-0.39, 0.29) is 5.60 Å². The van der Waals surface area contributed by atoms with Gasteiger partial charge in [0, 0.05) is 13.7 Å². The second-order valence-corrected chi connectivity index (χ2v) is 6.68. The van der Waals surface area contributed by atoms with Gasteiger partial charge in [0.2, 0.25) is 0 Å². The Morgan fingerprint density at radius 1 is 1.16 bits per heavy atom. The van der Waals surface area contributed by atoms with Crippen molar-refractivity contribution in [2.45, 2.75) is 76.1 Å². The molecule has 2 aliphatic rings. The number of likely N-dealkylation sites (N-methyl/N-ethyl adjacent to an activating group) is 1. The van der Waals surface area contributed by atoms with Crippen molar-refractivity contribution in [1.29, 1.82) is 0 Å². The van der Waals surface area contributed by atoms with Crippen molar-refractivity contribution in [3.63, 3.8) is 0 Å². The number of ether oxygens (including phenoxy) is 2. The maximum Gasteiger partial charge on any atom is 0.0812 e. The highest BCUT2D eigenvalue weighted by Gasteiger charge is 2.38. The van der Waals surface area contributed by atoms with E-state index in [0.29, 0.717) is 12.2 Å². The first kappa shape index (κ1) is 15.3. The Kier molecular flexibility index (Phi) is 5.67. The molecule has 4 unspecified atom stereocenters. The molecule has 0 amide bonds. The molecule has 2 aliphatic carbocycles. The van der Waals surface area contributed by atoms with E-state index in [1.54, 1.807) is 0 Å². The van der Waals surface area contributed by atoms with Crippen LogP contribution in [0.25, 0.3) is 0 Å². The van der Waals surface area contributed by atoms with Crippen LogP contribution in [0.3, 0.4) is 0 Å². The fourth-order valence-corrected chi connectivity index (χ4v) is 4.02. The lowest BCUT2D eigenvalue weighted by atomic mass is 9.78. The van der Waals surface area contributed by atoms with E-state index >= 15 is 0 Å². The molecular formula is C16H31NO2. The molecular weight excluding hydrogens is 238 g/mol. The maximum absolute atomic E-state index is 6.62. The van der Waals surface area contributed by atoms with E-state index in [9.17, 15) is 0 Å². The molecule has 19 heavy (non-hydrogen) atoms. The summed E-state index contributed by atoms with van der Waals surface area (Å²) in [5.74, 6) is 0.795. The molecule has 2 fully saturated rings. The molecule has 112 valence electrons. The van der Waals surface area contributed by atoms with E-state index in [0.717, 1.165) is 18.9 Å². The predicted octanol–water partition coefficient (Wildman–Crippen LogP) is 3.13.